The minimum Gasteiger partial charge on any atom is -0.396 e. The third-order valence-electron chi connectivity index (χ3n) is 6.36. The molecule has 2 aromatic carbocycles. The number of fused-ring (bicyclic) bond motifs is 1. The molecule has 3 aliphatic rings. The lowest BCUT2D eigenvalue weighted by Gasteiger charge is -2.42. The lowest BCUT2D eigenvalue weighted by Crippen LogP contribution is -2.27. The number of rotatable bonds is 8. The number of benzene rings is 2. The average Bonchev–Trinajstić information content (AvgIpc) is 2.69. The molecule has 26 heavy (non-hydrogen) atoms. The molecule has 0 aromatic heterocycles. The number of aliphatic hydroxyl groups excluding tert-OH is 2. The van der Waals surface area contributed by atoms with Crippen molar-refractivity contribution < 1.29 is 10.2 Å². The van der Waals surface area contributed by atoms with Crippen molar-refractivity contribution in [1.82, 2.24) is 0 Å². The van der Waals surface area contributed by atoms with Gasteiger partial charge in [0.2, 0.25) is 0 Å². The third-order valence-corrected chi connectivity index (χ3v) is 6.36. The summed E-state index contributed by atoms with van der Waals surface area (Å²) in [5, 5.41) is 18.2. The van der Waals surface area contributed by atoms with Gasteiger partial charge in [0.15, 0.2) is 0 Å². The van der Waals surface area contributed by atoms with E-state index >= 15 is 0 Å². The maximum absolute atomic E-state index is 9.12. The minimum absolute atomic E-state index is 0.293. The predicted molar refractivity (Wildman–Crippen MR) is 106 cm³/mol. The van der Waals surface area contributed by atoms with Crippen LogP contribution in [0.25, 0.3) is 0 Å². The van der Waals surface area contributed by atoms with Crippen LogP contribution >= 0.6 is 0 Å². The fourth-order valence-electron chi connectivity index (χ4n) is 5.26. The highest BCUT2D eigenvalue weighted by atomic mass is 16.3. The van der Waals surface area contributed by atoms with Crippen LogP contribution in [-0.2, 0) is 12.8 Å². The highest BCUT2D eigenvalue weighted by molar-refractivity contribution is 5.59. The number of unbranched alkanes of at least 4 members (excludes halogenated alkanes) is 2. The monoisotopic (exact) mass is 350 g/mol. The largest absolute Gasteiger partial charge is 0.396 e. The van der Waals surface area contributed by atoms with Crippen LogP contribution in [0.5, 0.6) is 0 Å². The smallest absolute Gasteiger partial charge is 0.0431 e. The van der Waals surface area contributed by atoms with Gasteiger partial charge in [0.05, 0.1) is 0 Å². The van der Waals surface area contributed by atoms with Crippen LogP contribution in [0.4, 0.5) is 0 Å². The lowest BCUT2D eigenvalue weighted by molar-refractivity contribution is 0.284. The summed E-state index contributed by atoms with van der Waals surface area (Å²) in [7, 11) is 0. The molecule has 2 nitrogen and oxygen atoms in total. The normalized spacial score (nSPS) is 20.1. The quantitative estimate of drug-likeness (QED) is 0.678. The molecule has 3 aliphatic carbocycles. The van der Waals surface area contributed by atoms with Gasteiger partial charge in [0.1, 0.15) is 0 Å². The molecule has 2 N–H and O–H groups in total. The van der Waals surface area contributed by atoms with E-state index in [1.54, 1.807) is 22.3 Å². The van der Waals surface area contributed by atoms with Crippen LogP contribution in [0.15, 0.2) is 36.4 Å². The zero-order valence-corrected chi connectivity index (χ0v) is 15.6. The summed E-state index contributed by atoms with van der Waals surface area (Å²) in [6.45, 7) is 0.586. The van der Waals surface area contributed by atoms with Gasteiger partial charge in [-0.2, -0.15) is 0 Å². The molecule has 5 rings (SSSR count). The van der Waals surface area contributed by atoms with Crippen molar-refractivity contribution in [1.29, 1.82) is 0 Å². The Kier molecular flexibility index (Phi) is 5.42. The minimum atomic E-state index is 0.293. The van der Waals surface area contributed by atoms with Crippen molar-refractivity contribution in [2.24, 2.45) is 0 Å². The fraction of sp³-hybridized carbons (Fsp3) is 0.500. The van der Waals surface area contributed by atoms with Crippen molar-refractivity contribution in [3.05, 3.63) is 69.8 Å². The van der Waals surface area contributed by atoms with Crippen molar-refractivity contribution in [2.45, 2.75) is 63.2 Å². The molecule has 2 heteroatoms. The van der Waals surface area contributed by atoms with E-state index in [9.17, 15) is 0 Å². The topological polar surface area (TPSA) is 40.5 Å². The van der Waals surface area contributed by atoms with E-state index in [0.717, 1.165) is 38.5 Å². The molecule has 0 radical (unpaired) electrons. The second-order valence-corrected chi connectivity index (χ2v) is 7.88. The molecule has 138 valence electrons. The zero-order chi connectivity index (χ0) is 17.9. The van der Waals surface area contributed by atoms with Crippen LogP contribution in [0.2, 0.25) is 0 Å². The molecule has 1 unspecified atom stereocenters. The first kappa shape index (κ1) is 17.8. The summed E-state index contributed by atoms with van der Waals surface area (Å²) in [6.07, 6.45) is 8.62. The van der Waals surface area contributed by atoms with Crippen molar-refractivity contribution in [3.8, 4) is 0 Å². The molecule has 0 amide bonds. The van der Waals surface area contributed by atoms with E-state index in [0.29, 0.717) is 25.0 Å². The first-order chi connectivity index (χ1) is 12.8. The number of hydrogen-bond donors (Lipinski definition) is 2. The first-order valence-corrected chi connectivity index (χ1v) is 10.3. The zero-order valence-electron chi connectivity index (χ0n) is 15.6. The molecule has 2 aromatic rings. The highest BCUT2D eigenvalue weighted by Gasteiger charge is 2.39. The molecule has 0 heterocycles. The Labute approximate surface area is 156 Å². The first-order valence-electron chi connectivity index (χ1n) is 10.3. The van der Waals surface area contributed by atoms with Gasteiger partial charge < -0.3 is 10.2 Å². The Morgan fingerprint density at radius 3 is 1.54 bits per heavy atom. The van der Waals surface area contributed by atoms with E-state index in [2.05, 4.69) is 36.4 Å². The predicted octanol–water partition coefficient (Wildman–Crippen LogP) is 4.69. The van der Waals surface area contributed by atoms with E-state index in [4.69, 9.17) is 10.2 Å². The van der Waals surface area contributed by atoms with Gasteiger partial charge in [-0.3, -0.25) is 0 Å². The summed E-state index contributed by atoms with van der Waals surface area (Å²) in [4.78, 5) is 0. The van der Waals surface area contributed by atoms with Gasteiger partial charge >= 0.3 is 0 Å². The summed E-state index contributed by atoms with van der Waals surface area (Å²) in [6, 6.07) is 13.8. The van der Waals surface area contributed by atoms with E-state index in [1.165, 1.54) is 24.0 Å². The lowest BCUT2D eigenvalue weighted by atomic mass is 9.61. The molecule has 0 saturated carbocycles. The fourth-order valence-corrected chi connectivity index (χ4v) is 5.26. The summed E-state index contributed by atoms with van der Waals surface area (Å²) < 4.78 is 0. The molecular formula is C24H30O2. The van der Waals surface area contributed by atoms with Gasteiger partial charge in [-0.15, -0.1) is 0 Å². The standard InChI is InChI=1S/C24H30O2/c25-15-3-1-7-17-9-5-11-19-22-14-13-21(23(17)19)20-12-6-10-18(24(20)22)8-2-4-16-26/h5-6,9-12,21-22,25-26H,1-4,7-8,13-16H2/t21-,22?/m1/s1. The number of hydrogen-bond acceptors (Lipinski definition) is 2. The number of aliphatic hydroxyl groups is 2. The van der Waals surface area contributed by atoms with Gasteiger partial charge in [0.25, 0.3) is 0 Å². The summed E-state index contributed by atoms with van der Waals surface area (Å²) >= 11 is 0. The van der Waals surface area contributed by atoms with Crippen molar-refractivity contribution in [3.63, 3.8) is 0 Å². The van der Waals surface area contributed by atoms with Crippen LogP contribution in [0.1, 0.15) is 83.7 Å². The maximum Gasteiger partial charge on any atom is 0.0431 e. The molecule has 0 saturated heterocycles. The van der Waals surface area contributed by atoms with Crippen molar-refractivity contribution >= 4 is 0 Å². The SMILES string of the molecule is OCCCCc1cccc2c1C1CC[C@H]2c2c(CCCCO)cccc21. The van der Waals surface area contributed by atoms with E-state index in [-0.39, 0.29) is 0 Å². The molecule has 2 bridgehead atoms. The Morgan fingerprint density at radius 1 is 0.654 bits per heavy atom. The number of aryl methyl sites for hydroxylation is 2. The van der Waals surface area contributed by atoms with Crippen LogP contribution in [0, 0.1) is 0 Å². The Bertz CT molecular complexity index is 699. The molecular weight excluding hydrogens is 320 g/mol. The Morgan fingerprint density at radius 2 is 1.12 bits per heavy atom. The molecule has 0 spiro atoms. The molecule has 0 aliphatic heterocycles. The highest BCUT2D eigenvalue weighted by Crippen LogP contribution is 2.54. The second kappa shape index (κ2) is 7.94. The average molecular weight is 351 g/mol. The van der Waals surface area contributed by atoms with E-state index in [1.807, 2.05) is 0 Å². The third kappa shape index (κ3) is 3.10. The Hall–Kier alpha value is -1.64. The van der Waals surface area contributed by atoms with Gasteiger partial charge in [0, 0.05) is 25.0 Å². The van der Waals surface area contributed by atoms with Crippen LogP contribution in [-0.4, -0.2) is 23.4 Å². The van der Waals surface area contributed by atoms with Crippen molar-refractivity contribution in [2.75, 3.05) is 13.2 Å². The van der Waals surface area contributed by atoms with Gasteiger partial charge in [-0.25, -0.2) is 0 Å². The Balaban J connectivity index is 1.70. The summed E-state index contributed by atoms with van der Waals surface area (Å²) in [5.41, 5.74) is 9.32. The van der Waals surface area contributed by atoms with Gasteiger partial charge in [-0.1, -0.05) is 36.4 Å². The van der Waals surface area contributed by atoms with Gasteiger partial charge in [-0.05, 0) is 84.7 Å². The molecule has 2 atom stereocenters. The molecule has 0 fully saturated rings. The maximum atomic E-state index is 9.12. The summed E-state index contributed by atoms with van der Waals surface area (Å²) in [5.74, 6) is 1.10. The van der Waals surface area contributed by atoms with Crippen LogP contribution in [0.3, 0.4) is 0 Å². The second-order valence-electron chi connectivity index (χ2n) is 7.88. The van der Waals surface area contributed by atoms with Crippen LogP contribution < -0.4 is 0 Å². The van der Waals surface area contributed by atoms with E-state index < -0.39 is 0 Å².